The quantitative estimate of drug-likeness (QED) is 0.729. The molecule has 92 valence electrons. The topological polar surface area (TPSA) is 33.2 Å². The number of ketones is 1. The minimum Gasteiger partial charge on any atom is -0.303 e. The van der Waals surface area contributed by atoms with E-state index in [1.54, 1.807) is 13.0 Å². The van der Waals surface area contributed by atoms with Crippen molar-refractivity contribution in [2.75, 3.05) is 19.6 Å². The molecule has 0 spiro atoms. The zero-order valence-electron chi connectivity index (χ0n) is 10.6. The predicted molar refractivity (Wildman–Crippen MR) is 68.2 cm³/mol. The molecular weight excluding hydrogens is 212 g/mol. The summed E-state index contributed by atoms with van der Waals surface area (Å²) in [6.07, 6.45) is 2.09. The van der Waals surface area contributed by atoms with E-state index >= 15 is 0 Å². The Morgan fingerprint density at radius 3 is 2.88 bits per heavy atom. The third-order valence-corrected chi connectivity index (χ3v) is 3.21. The molecule has 0 unspecified atom stereocenters. The van der Waals surface area contributed by atoms with Crippen LogP contribution in [-0.2, 0) is 6.42 Å². The Morgan fingerprint density at radius 2 is 2.24 bits per heavy atom. The van der Waals surface area contributed by atoms with Gasteiger partial charge in [0.05, 0.1) is 0 Å². The maximum atomic E-state index is 11.2. The smallest absolute Gasteiger partial charge is 0.178 e. The van der Waals surface area contributed by atoms with Gasteiger partial charge < -0.3 is 4.90 Å². The molecule has 0 aliphatic carbocycles. The zero-order chi connectivity index (χ0) is 12.3. The lowest BCUT2D eigenvalue weighted by Crippen LogP contribution is -2.45. The van der Waals surface area contributed by atoms with Crippen molar-refractivity contribution in [2.24, 2.45) is 5.92 Å². The highest BCUT2D eigenvalue weighted by Crippen LogP contribution is 2.14. The van der Waals surface area contributed by atoms with E-state index in [0.29, 0.717) is 5.69 Å². The average molecular weight is 232 g/mol. The van der Waals surface area contributed by atoms with Crippen molar-refractivity contribution >= 4 is 5.78 Å². The maximum absolute atomic E-state index is 11.2. The number of hydrogen-bond donors (Lipinski definition) is 0. The van der Waals surface area contributed by atoms with E-state index in [1.807, 2.05) is 12.1 Å². The fraction of sp³-hybridized carbons (Fsp3) is 0.571. The number of pyridine rings is 1. The van der Waals surface area contributed by atoms with E-state index in [4.69, 9.17) is 0 Å². The number of rotatable bonds is 5. The van der Waals surface area contributed by atoms with E-state index in [2.05, 4.69) is 16.8 Å². The molecule has 1 aromatic rings. The number of aromatic nitrogens is 1. The summed E-state index contributed by atoms with van der Waals surface area (Å²) in [5.74, 6) is 0.914. The lowest BCUT2D eigenvalue weighted by Gasteiger charge is -2.37. The number of hydrogen-bond acceptors (Lipinski definition) is 3. The summed E-state index contributed by atoms with van der Waals surface area (Å²) in [5, 5.41) is 0. The molecule has 1 fully saturated rings. The Morgan fingerprint density at radius 1 is 1.47 bits per heavy atom. The van der Waals surface area contributed by atoms with Crippen molar-refractivity contribution in [3.8, 4) is 0 Å². The van der Waals surface area contributed by atoms with Gasteiger partial charge in [-0.15, -0.1) is 0 Å². The van der Waals surface area contributed by atoms with Crippen LogP contribution in [0.5, 0.6) is 0 Å². The standard InChI is InChI=1S/C14H20N2O/c1-11-9-16(10-11)8-4-6-13-5-3-7-14(15-13)12(2)17/h3,5,7,11H,4,6,8-10H2,1-2H3. The largest absolute Gasteiger partial charge is 0.303 e. The van der Waals surface area contributed by atoms with Crippen molar-refractivity contribution in [3.05, 3.63) is 29.6 Å². The number of aryl methyl sites for hydroxylation is 1. The van der Waals surface area contributed by atoms with Crippen molar-refractivity contribution in [1.29, 1.82) is 0 Å². The van der Waals surface area contributed by atoms with Crippen LogP contribution in [0.15, 0.2) is 18.2 Å². The van der Waals surface area contributed by atoms with Gasteiger partial charge in [0.1, 0.15) is 5.69 Å². The predicted octanol–water partition coefficient (Wildman–Crippen LogP) is 2.17. The first-order valence-corrected chi connectivity index (χ1v) is 6.34. The Labute approximate surface area is 103 Å². The molecule has 3 nitrogen and oxygen atoms in total. The molecule has 0 radical (unpaired) electrons. The van der Waals surface area contributed by atoms with Gasteiger partial charge in [0.25, 0.3) is 0 Å². The molecule has 0 aromatic carbocycles. The van der Waals surface area contributed by atoms with Crippen LogP contribution in [0.25, 0.3) is 0 Å². The van der Waals surface area contributed by atoms with Crippen molar-refractivity contribution < 1.29 is 4.79 Å². The maximum Gasteiger partial charge on any atom is 0.178 e. The molecule has 1 aliphatic heterocycles. The van der Waals surface area contributed by atoms with E-state index in [-0.39, 0.29) is 5.78 Å². The number of likely N-dealkylation sites (tertiary alicyclic amines) is 1. The van der Waals surface area contributed by atoms with Crippen molar-refractivity contribution in [3.63, 3.8) is 0 Å². The minimum atomic E-state index is 0.0448. The second kappa shape index (κ2) is 5.41. The SMILES string of the molecule is CC(=O)c1cccc(CCCN2CC(C)C2)n1. The first-order chi connectivity index (χ1) is 8.15. The highest BCUT2D eigenvalue weighted by Gasteiger charge is 2.21. The summed E-state index contributed by atoms with van der Waals surface area (Å²) < 4.78 is 0. The fourth-order valence-corrected chi connectivity index (χ4v) is 2.31. The third kappa shape index (κ3) is 3.37. The van der Waals surface area contributed by atoms with Crippen LogP contribution in [0.1, 0.15) is 36.5 Å². The molecule has 0 atom stereocenters. The van der Waals surface area contributed by atoms with Gasteiger partial charge in [0, 0.05) is 25.7 Å². The molecule has 0 amide bonds. The van der Waals surface area contributed by atoms with Crippen LogP contribution in [0.2, 0.25) is 0 Å². The van der Waals surface area contributed by atoms with Gasteiger partial charge in [-0.2, -0.15) is 0 Å². The van der Waals surface area contributed by atoms with Crippen LogP contribution in [-0.4, -0.2) is 35.3 Å². The molecule has 1 aromatic heterocycles. The summed E-state index contributed by atoms with van der Waals surface area (Å²) in [7, 11) is 0. The first kappa shape index (κ1) is 12.2. The molecule has 2 rings (SSSR count). The van der Waals surface area contributed by atoms with Crippen molar-refractivity contribution in [1.82, 2.24) is 9.88 Å². The molecule has 0 bridgehead atoms. The second-order valence-corrected chi connectivity index (χ2v) is 5.04. The number of nitrogens with zero attached hydrogens (tertiary/aromatic N) is 2. The van der Waals surface area contributed by atoms with Gasteiger partial charge in [0.2, 0.25) is 0 Å². The van der Waals surface area contributed by atoms with Gasteiger partial charge in [-0.05, 0) is 37.4 Å². The van der Waals surface area contributed by atoms with Gasteiger partial charge in [0.15, 0.2) is 5.78 Å². The van der Waals surface area contributed by atoms with Crippen LogP contribution in [0.3, 0.4) is 0 Å². The summed E-state index contributed by atoms with van der Waals surface area (Å²) in [5.41, 5.74) is 1.62. The minimum absolute atomic E-state index is 0.0448. The van der Waals surface area contributed by atoms with Crippen LogP contribution >= 0.6 is 0 Å². The Hall–Kier alpha value is -1.22. The highest BCUT2D eigenvalue weighted by atomic mass is 16.1. The molecule has 0 N–H and O–H groups in total. The van der Waals surface area contributed by atoms with Crippen LogP contribution in [0.4, 0.5) is 0 Å². The molecular formula is C14H20N2O. The molecule has 1 saturated heterocycles. The normalized spacial score (nSPS) is 16.8. The van der Waals surface area contributed by atoms with Crippen LogP contribution in [0, 0.1) is 5.92 Å². The first-order valence-electron chi connectivity index (χ1n) is 6.34. The summed E-state index contributed by atoms with van der Waals surface area (Å²) in [6.45, 7) is 7.47. The van der Waals surface area contributed by atoms with E-state index in [1.165, 1.54) is 13.1 Å². The molecule has 17 heavy (non-hydrogen) atoms. The van der Waals surface area contributed by atoms with Gasteiger partial charge >= 0.3 is 0 Å². The lowest BCUT2D eigenvalue weighted by molar-refractivity contribution is 0.101. The number of carbonyl (C=O) groups excluding carboxylic acids is 1. The second-order valence-electron chi connectivity index (χ2n) is 5.04. The van der Waals surface area contributed by atoms with E-state index < -0.39 is 0 Å². The summed E-state index contributed by atoms with van der Waals surface area (Å²) in [6, 6.07) is 5.71. The highest BCUT2D eigenvalue weighted by molar-refractivity contribution is 5.92. The lowest BCUT2D eigenvalue weighted by atomic mass is 10.0. The van der Waals surface area contributed by atoms with Crippen LogP contribution < -0.4 is 0 Å². The van der Waals surface area contributed by atoms with Gasteiger partial charge in [-0.1, -0.05) is 13.0 Å². The molecule has 0 saturated carbocycles. The number of carbonyl (C=O) groups is 1. The van der Waals surface area contributed by atoms with Crippen molar-refractivity contribution in [2.45, 2.75) is 26.7 Å². The Balaban J connectivity index is 1.78. The summed E-state index contributed by atoms with van der Waals surface area (Å²) in [4.78, 5) is 18.0. The Kier molecular flexibility index (Phi) is 3.89. The summed E-state index contributed by atoms with van der Waals surface area (Å²) >= 11 is 0. The monoisotopic (exact) mass is 232 g/mol. The molecule has 1 aliphatic rings. The van der Waals surface area contributed by atoms with Gasteiger partial charge in [-0.25, -0.2) is 4.98 Å². The fourth-order valence-electron chi connectivity index (χ4n) is 2.31. The molecule has 3 heteroatoms. The number of Topliss-reactive ketones (excluding diaryl/α,β-unsaturated/α-hetero) is 1. The zero-order valence-corrected chi connectivity index (χ0v) is 10.6. The Bertz CT molecular complexity index is 397. The van der Waals surface area contributed by atoms with E-state index in [0.717, 1.165) is 31.0 Å². The third-order valence-electron chi connectivity index (χ3n) is 3.21. The van der Waals surface area contributed by atoms with Gasteiger partial charge in [-0.3, -0.25) is 4.79 Å². The average Bonchev–Trinajstić information content (AvgIpc) is 2.27. The molecule has 2 heterocycles. The van der Waals surface area contributed by atoms with E-state index in [9.17, 15) is 4.79 Å².